The van der Waals surface area contributed by atoms with Crippen molar-refractivity contribution in [1.82, 2.24) is 14.9 Å². The maximum absolute atomic E-state index is 13.8. The van der Waals surface area contributed by atoms with E-state index in [1.165, 1.54) is 24.5 Å². The fourth-order valence-corrected chi connectivity index (χ4v) is 2.02. The lowest BCUT2D eigenvalue weighted by Crippen LogP contribution is -2.33. The summed E-state index contributed by atoms with van der Waals surface area (Å²) in [4.78, 5) is 32.3. The first-order chi connectivity index (χ1) is 11.4. The van der Waals surface area contributed by atoms with Crippen molar-refractivity contribution in [3.8, 4) is 0 Å². The summed E-state index contributed by atoms with van der Waals surface area (Å²) >= 11 is 0. The van der Waals surface area contributed by atoms with Crippen LogP contribution in [0.4, 0.5) is 8.78 Å². The summed E-state index contributed by atoms with van der Waals surface area (Å²) < 4.78 is 27.1. The Kier molecular flexibility index (Phi) is 5.51. The van der Waals surface area contributed by atoms with Crippen LogP contribution in [0, 0.1) is 18.6 Å². The van der Waals surface area contributed by atoms with Crippen molar-refractivity contribution in [2.24, 2.45) is 0 Å². The Bertz CT molecular complexity index is 751. The second-order valence-electron chi connectivity index (χ2n) is 5.13. The van der Waals surface area contributed by atoms with Crippen LogP contribution in [0.3, 0.4) is 0 Å². The number of aromatic nitrogens is 2. The van der Waals surface area contributed by atoms with E-state index in [4.69, 9.17) is 5.11 Å². The minimum atomic E-state index is -1.11. The summed E-state index contributed by atoms with van der Waals surface area (Å²) in [6.45, 7) is 1.26. The van der Waals surface area contributed by atoms with Crippen LogP contribution in [0.2, 0.25) is 0 Å². The first kappa shape index (κ1) is 17.5. The molecule has 0 aliphatic heterocycles. The molecule has 1 heterocycles. The van der Waals surface area contributed by atoms with Gasteiger partial charge in [0.15, 0.2) is 11.6 Å². The smallest absolute Gasteiger partial charge is 0.305 e. The van der Waals surface area contributed by atoms with Gasteiger partial charge in [0.2, 0.25) is 0 Å². The van der Waals surface area contributed by atoms with Crippen LogP contribution in [0.5, 0.6) is 0 Å². The highest BCUT2D eigenvalue weighted by Crippen LogP contribution is 2.15. The number of benzene rings is 1. The number of hydrogen-bond acceptors (Lipinski definition) is 4. The number of carboxylic acid groups (broad SMARTS) is 1. The third-order valence-corrected chi connectivity index (χ3v) is 3.28. The number of aryl methyl sites for hydroxylation is 1. The van der Waals surface area contributed by atoms with Gasteiger partial charge in [-0.05, 0) is 13.0 Å². The van der Waals surface area contributed by atoms with Crippen LogP contribution in [-0.4, -0.2) is 38.4 Å². The van der Waals surface area contributed by atoms with Gasteiger partial charge in [-0.3, -0.25) is 14.6 Å². The highest BCUT2D eigenvalue weighted by molar-refractivity contribution is 5.92. The third kappa shape index (κ3) is 4.31. The molecule has 0 aliphatic carbocycles. The normalized spacial score (nSPS) is 10.5. The molecule has 0 atom stereocenters. The Labute approximate surface area is 136 Å². The quantitative estimate of drug-likeness (QED) is 0.875. The molecule has 2 aromatic rings. The summed E-state index contributed by atoms with van der Waals surface area (Å²) in [5.74, 6) is -3.82. The van der Waals surface area contributed by atoms with Gasteiger partial charge in [-0.1, -0.05) is 12.1 Å². The molecule has 0 bridgehead atoms. The highest BCUT2D eigenvalue weighted by Gasteiger charge is 2.21. The van der Waals surface area contributed by atoms with E-state index in [-0.39, 0.29) is 30.8 Å². The molecule has 0 unspecified atom stereocenters. The molecule has 1 aromatic carbocycles. The monoisotopic (exact) mass is 335 g/mol. The standard InChI is InChI=1S/C16H15F2N3O3/c1-10-7-20-13(8-19-10)16(24)21(6-5-14(22)23)9-11-3-2-4-12(17)15(11)18/h2-4,7-8H,5-6,9H2,1H3,(H,22,23). The van der Waals surface area contributed by atoms with Crippen molar-refractivity contribution < 1.29 is 23.5 Å². The Hall–Kier alpha value is -2.90. The van der Waals surface area contributed by atoms with Crippen LogP contribution < -0.4 is 0 Å². The summed E-state index contributed by atoms with van der Waals surface area (Å²) in [5, 5.41) is 8.82. The van der Waals surface area contributed by atoms with E-state index >= 15 is 0 Å². The number of carbonyl (C=O) groups excluding carboxylic acids is 1. The molecule has 0 spiro atoms. The maximum atomic E-state index is 13.8. The number of hydrogen-bond donors (Lipinski definition) is 1. The summed E-state index contributed by atoms with van der Waals surface area (Å²) in [7, 11) is 0. The predicted molar refractivity (Wildman–Crippen MR) is 80.1 cm³/mol. The summed E-state index contributed by atoms with van der Waals surface area (Å²) in [6.07, 6.45) is 2.32. The zero-order valence-corrected chi connectivity index (χ0v) is 12.9. The lowest BCUT2D eigenvalue weighted by Gasteiger charge is -2.22. The van der Waals surface area contributed by atoms with Crippen molar-refractivity contribution in [3.63, 3.8) is 0 Å². The van der Waals surface area contributed by atoms with Crippen LogP contribution >= 0.6 is 0 Å². The fraction of sp³-hybridized carbons (Fsp3) is 0.250. The van der Waals surface area contributed by atoms with Gasteiger partial charge in [0.1, 0.15) is 5.69 Å². The highest BCUT2D eigenvalue weighted by atomic mass is 19.2. The fourth-order valence-electron chi connectivity index (χ4n) is 2.02. The van der Waals surface area contributed by atoms with Crippen molar-refractivity contribution in [1.29, 1.82) is 0 Å². The van der Waals surface area contributed by atoms with Crippen LogP contribution in [0.25, 0.3) is 0 Å². The Balaban J connectivity index is 2.26. The van der Waals surface area contributed by atoms with Crippen LogP contribution in [0.1, 0.15) is 28.2 Å². The number of amides is 1. The van der Waals surface area contributed by atoms with E-state index in [1.807, 2.05) is 0 Å². The molecular weight excluding hydrogens is 320 g/mol. The topological polar surface area (TPSA) is 83.4 Å². The number of halogens is 2. The van der Waals surface area contributed by atoms with Gasteiger partial charge in [0.05, 0.1) is 18.3 Å². The van der Waals surface area contributed by atoms with E-state index in [0.717, 1.165) is 11.0 Å². The van der Waals surface area contributed by atoms with E-state index in [1.54, 1.807) is 6.92 Å². The minimum absolute atomic E-state index is 0.00259. The first-order valence-corrected chi connectivity index (χ1v) is 7.11. The van der Waals surface area contributed by atoms with E-state index in [0.29, 0.717) is 5.69 Å². The number of aliphatic carboxylic acids is 1. The Morgan fingerprint density at radius 3 is 2.58 bits per heavy atom. The second kappa shape index (κ2) is 7.58. The molecule has 0 fully saturated rings. The predicted octanol–water partition coefficient (Wildman–Crippen LogP) is 2.18. The molecule has 0 saturated carbocycles. The summed E-state index contributed by atoms with van der Waals surface area (Å²) in [5.41, 5.74) is 0.566. The van der Waals surface area contributed by atoms with Gasteiger partial charge < -0.3 is 10.0 Å². The molecule has 2 rings (SSSR count). The average molecular weight is 335 g/mol. The largest absolute Gasteiger partial charge is 0.481 e. The van der Waals surface area contributed by atoms with Crippen molar-refractivity contribution >= 4 is 11.9 Å². The minimum Gasteiger partial charge on any atom is -0.481 e. The molecule has 126 valence electrons. The van der Waals surface area contributed by atoms with Crippen LogP contribution in [-0.2, 0) is 11.3 Å². The van der Waals surface area contributed by atoms with E-state index in [2.05, 4.69) is 9.97 Å². The Morgan fingerprint density at radius 1 is 1.21 bits per heavy atom. The zero-order valence-electron chi connectivity index (χ0n) is 12.9. The van der Waals surface area contributed by atoms with Crippen LogP contribution in [0.15, 0.2) is 30.6 Å². The van der Waals surface area contributed by atoms with Gasteiger partial charge in [0.25, 0.3) is 5.91 Å². The third-order valence-electron chi connectivity index (χ3n) is 3.28. The first-order valence-electron chi connectivity index (χ1n) is 7.11. The molecule has 0 aliphatic rings. The lowest BCUT2D eigenvalue weighted by molar-refractivity contribution is -0.137. The number of nitrogens with zero attached hydrogens (tertiary/aromatic N) is 3. The molecule has 1 amide bonds. The second-order valence-corrected chi connectivity index (χ2v) is 5.13. The van der Waals surface area contributed by atoms with Crippen molar-refractivity contribution in [3.05, 3.63) is 59.2 Å². The van der Waals surface area contributed by atoms with Crippen molar-refractivity contribution in [2.75, 3.05) is 6.54 Å². The lowest BCUT2D eigenvalue weighted by atomic mass is 10.1. The molecule has 6 nitrogen and oxygen atoms in total. The van der Waals surface area contributed by atoms with Gasteiger partial charge >= 0.3 is 5.97 Å². The number of carbonyl (C=O) groups is 2. The SMILES string of the molecule is Cc1cnc(C(=O)N(CCC(=O)O)Cc2cccc(F)c2F)cn1. The van der Waals surface area contributed by atoms with Gasteiger partial charge in [-0.15, -0.1) is 0 Å². The summed E-state index contributed by atoms with van der Waals surface area (Å²) in [6, 6.07) is 3.62. The molecule has 1 aromatic heterocycles. The van der Waals surface area contributed by atoms with Crippen molar-refractivity contribution in [2.45, 2.75) is 19.9 Å². The molecular formula is C16H15F2N3O3. The average Bonchev–Trinajstić information content (AvgIpc) is 2.55. The van der Waals surface area contributed by atoms with Gasteiger partial charge in [0, 0.05) is 24.8 Å². The van der Waals surface area contributed by atoms with E-state index in [9.17, 15) is 18.4 Å². The number of rotatable bonds is 6. The molecule has 0 saturated heterocycles. The molecule has 1 N–H and O–H groups in total. The molecule has 0 radical (unpaired) electrons. The Morgan fingerprint density at radius 2 is 1.96 bits per heavy atom. The van der Waals surface area contributed by atoms with Gasteiger partial charge in [-0.2, -0.15) is 0 Å². The van der Waals surface area contributed by atoms with Gasteiger partial charge in [-0.25, -0.2) is 13.8 Å². The van der Waals surface area contributed by atoms with E-state index < -0.39 is 23.5 Å². The maximum Gasteiger partial charge on any atom is 0.305 e. The molecule has 24 heavy (non-hydrogen) atoms. The number of carboxylic acids is 1. The molecule has 8 heteroatoms. The zero-order chi connectivity index (χ0) is 17.7.